The summed E-state index contributed by atoms with van der Waals surface area (Å²) < 4.78 is 27.7. The molecule has 1 saturated heterocycles. The molecular formula is C55H94N2O10. The summed E-state index contributed by atoms with van der Waals surface area (Å²) in [6, 6.07) is 8.30. The van der Waals surface area contributed by atoms with Crippen molar-refractivity contribution in [2.75, 3.05) is 26.4 Å². The fourth-order valence-electron chi connectivity index (χ4n) is 8.68. The number of hydrogen-bond acceptors (Lipinski definition) is 11. The van der Waals surface area contributed by atoms with Crippen molar-refractivity contribution in [3.8, 4) is 0 Å². The number of hydrogen-bond donors (Lipinski definition) is 1. The topological polar surface area (TPSA) is 147 Å². The number of aryl methyl sites for hydroxylation is 1. The first-order chi connectivity index (χ1) is 32.7. The van der Waals surface area contributed by atoms with Crippen LogP contribution in [0, 0.1) is 0 Å². The van der Waals surface area contributed by atoms with Gasteiger partial charge in [-0.15, -0.1) is 0 Å². The zero-order valence-electron chi connectivity index (χ0n) is 42.7. The molecule has 2 rings (SSSR count). The van der Waals surface area contributed by atoms with Crippen molar-refractivity contribution in [3.63, 3.8) is 0 Å². The third-order valence-corrected chi connectivity index (χ3v) is 12.8. The molecule has 1 heterocycles. The summed E-state index contributed by atoms with van der Waals surface area (Å²) in [6.07, 6.45) is 30.9. The van der Waals surface area contributed by atoms with Gasteiger partial charge in [0.2, 0.25) is 5.91 Å². The van der Waals surface area contributed by atoms with Crippen molar-refractivity contribution < 1.29 is 47.7 Å². The normalized spacial score (nSPS) is 14.5. The van der Waals surface area contributed by atoms with Crippen LogP contribution in [-0.2, 0) is 49.3 Å². The van der Waals surface area contributed by atoms with Crippen molar-refractivity contribution >= 4 is 30.0 Å². The van der Waals surface area contributed by atoms with Crippen LogP contribution in [0.2, 0.25) is 0 Å². The molecule has 12 nitrogen and oxygen atoms in total. The number of benzene rings is 1. The zero-order chi connectivity index (χ0) is 48.6. The first kappa shape index (κ1) is 59.5. The second-order valence-corrected chi connectivity index (χ2v) is 18.8. The van der Waals surface area contributed by atoms with E-state index in [1.165, 1.54) is 120 Å². The smallest absolute Gasteiger partial charge is 0.465 e. The summed E-state index contributed by atoms with van der Waals surface area (Å²) in [7, 11) is 0. The molecule has 0 radical (unpaired) electrons. The SMILES string of the molecule is CCCCCCCCCCCCCCCC(=O)OCC(COC(=O)CCCCCCCCCCCCCCC)OC(=O)O[C@H]1CCCN1C(=O)[C@H](C)N[C@@H](CCc1ccccc1)C(=O)OCC. The van der Waals surface area contributed by atoms with Crippen molar-refractivity contribution in [2.24, 2.45) is 0 Å². The van der Waals surface area contributed by atoms with Crippen molar-refractivity contribution in [2.45, 2.75) is 258 Å². The number of rotatable bonds is 42. The Morgan fingerprint density at radius 3 is 1.51 bits per heavy atom. The Kier molecular flexibility index (Phi) is 35.7. The Morgan fingerprint density at radius 2 is 1.06 bits per heavy atom. The van der Waals surface area contributed by atoms with Crippen LogP contribution >= 0.6 is 0 Å². The monoisotopic (exact) mass is 943 g/mol. The van der Waals surface area contributed by atoms with Crippen LogP contribution in [0.5, 0.6) is 0 Å². The lowest BCUT2D eigenvalue weighted by Crippen LogP contribution is -2.52. The maximum absolute atomic E-state index is 13.7. The minimum absolute atomic E-state index is 0.215. The van der Waals surface area contributed by atoms with Gasteiger partial charge in [-0.2, -0.15) is 0 Å². The van der Waals surface area contributed by atoms with Crippen LogP contribution in [0.1, 0.15) is 232 Å². The molecule has 3 atom stereocenters. The highest BCUT2D eigenvalue weighted by molar-refractivity contribution is 5.84. The van der Waals surface area contributed by atoms with Crippen LogP contribution in [0.15, 0.2) is 30.3 Å². The van der Waals surface area contributed by atoms with Crippen LogP contribution < -0.4 is 5.32 Å². The van der Waals surface area contributed by atoms with Gasteiger partial charge in [0.1, 0.15) is 19.3 Å². The van der Waals surface area contributed by atoms with E-state index in [4.69, 9.17) is 23.7 Å². The van der Waals surface area contributed by atoms with Gasteiger partial charge in [-0.25, -0.2) is 4.79 Å². The summed E-state index contributed by atoms with van der Waals surface area (Å²) >= 11 is 0. The highest BCUT2D eigenvalue weighted by Crippen LogP contribution is 2.22. The van der Waals surface area contributed by atoms with Crippen LogP contribution in [0.3, 0.4) is 0 Å². The minimum atomic E-state index is -1.08. The zero-order valence-corrected chi connectivity index (χ0v) is 42.7. The number of unbranched alkanes of at least 4 members (excludes halogenated alkanes) is 24. The van der Waals surface area contributed by atoms with E-state index in [1.807, 2.05) is 30.3 Å². The first-order valence-electron chi connectivity index (χ1n) is 27.1. The highest BCUT2D eigenvalue weighted by atomic mass is 16.7. The van der Waals surface area contributed by atoms with E-state index in [9.17, 15) is 24.0 Å². The minimum Gasteiger partial charge on any atom is -0.465 e. The maximum Gasteiger partial charge on any atom is 0.510 e. The van der Waals surface area contributed by atoms with E-state index in [1.54, 1.807) is 13.8 Å². The van der Waals surface area contributed by atoms with Gasteiger partial charge >= 0.3 is 24.1 Å². The third kappa shape index (κ3) is 30.4. The van der Waals surface area contributed by atoms with Gasteiger partial charge in [0.25, 0.3) is 0 Å². The number of nitrogens with zero attached hydrogens (tertiary/aromatic N) is 1. The Labute approximate surface area is 406 Å². The summed E-state index contributed by atoms with van der Waals surface area (Å²) in [4.78, 5) is 66.9. The second kappa shape index (κ2) is 40.2. The third-order valence-electron chi connectivity index (χ3n) is 12.8. The van der Waals surface area contributed by atoms with Crippen LogP contribution in [-0.4, -0.2) is 85.7 Å². The van der Waals surface area contributed by atoms with E-state index in [0.717, 1.165) is 44.1 Å². The summed E-state index contributed by atoms with van der Waals surface area (Å²) in [6.45, 7) is 7.91. The largest absolute Gasteiger partial charge is 0.510 e. The average molecular weight is 943 g/mol. The molecular weight excluding hydrogens is 849 g/mol. The van der Waals surface area contributed by atoms with Gasteiger partial charge in [0, 0.05) is 25.8 Å². The fraction of sp³-hybridized carbons (Fsp3) is 0.800. The van der Waals surface area contributed by atoms with Gasteiger partial charge in [0.05, 0.1) is 12.6 Å². The molecule has 1 aromatic rings. The van der Waals surface area contributed by atoms with E-state index in [-0.39, 0.29) is 38.6 Å². The summed E-state index contributed by atoms with van der Waals surface area (Å²) in [5, 5.41) is 3.15. The predicted molar refractivity (Wildman–Crippen MR) is 266 cm³/mol. The number of carbonyl (C=O) groups excluding carboxylic acids is 5. The molecule has 1 N–H and O–H groups in total. The van der Waals surface area contributed by atoms with Gasteiger partial charge in [-0.1, -0.05) is 198 Å². The summed E-state index contributed by atoms with van der Waals surface area (Å²) in [5.74, 6) is -1.56. The Bertz CT molecular complexity index is 1380. The molecule has 67 heavy (non-hydrogen) atoms. The Balaban J connectivity index is 1.85. The molecule has 0 unspecified atom stereocenters. The van der Waals surface area contributed by atoms with Crippen LogP contribution in [0.25, 0.3) is 0 Å². The van der Waals surface area contributed by atoms with Gasteiger partial charge in [0.15, 0.2) is 12.3 Å². The number of esters is 3. The molecule has 0 spiro atoms. The highest BCUT2D eigenvalue weighted by Gasteiger charge is 2.36. The number of carbonyl (C=O) groups is 5. The van der Waals surface area contributed by atoms with Crippen molar-refractivity contribution in [1.29, 1.82) is 0 Å². The molecule has 1 fully saturated rings. The molecule has 1 amide bonds. The average Bonchev–Trinajstić information content (AvgIpc) is 3.79. The van der Waals surface area contributed by atoms with Crippen molar-refractivity contribution in [1.82, 2.24) is 10.2 Å². The lowest BCUT2D eigenvalue weighted by molar-refractivity contribution is -0.156. The standard InChI is InChI=1S/C55H94N2O10/c1-5-8-10-12-14-16-18-20-22-24-26-28-33-39-51(58)64-44-48(45-65-52(59)40-34-29-27-25-23-21-19-17-15-13-11-9-6-2)66-55(62)67-50-38-35-43-57(50)53(60)46(4)56-49(54(61)63-7-3)42-41-47-36-31-30-32-37-47/h30-32,36-37,46,48-50,56H,5-29,33-35,38-45H2,1-4H3/t46-,49-,50-/m0/s1. The molecule has 0 aliphatic carbocycles. The maximum atomic E-state index is 13.7. The van der Waals surface area contributed by atoms with E-state index < -0.39 is 48.5 Å². The number of ether oxygens (including phenoxy) is 5. The predicted octanol–water partition coefficient (Wildman–Crippen LogP) is 13.0. The van der Waals surface area contributed by atoms with Gasteiger partial charge in [-0.3, -0.25) is 24.5 Å². The molecule has 12 heteroatoms. The molecule has 0 saturated carbocycles. The molecule has 1 aliphatic rings. The number of nitrogens with one attached hydrogen (secondary N) is 1. The van der Waals surface area contributed by atoms with Crippen LogP contribution in [0.4, 0.5) is 4.79 Å². The Morgan fingerprint density at radius 1 is 0.612 bits per heavy atom. The molecule has 0 aromatic heterocycles. The first-order valence-corrected chi connectivity index (χ1v) is 27.1. The van der Waals surface area contributed by atoms with E-state index in [0.29, 0.717) is 45.1 Å². The van der Waals surface area contributed by atoms with Crippen molar-refractivity contribution in [3.05, 3.63) is 35.9 Å². The molecule has 384 valence electrons. The summed E-state index contributed by atoms with van der Waals surface area (Å²) in [5.41, 5.74) is 1.07. The van der Waals surface area contributed by atoms with Gasteiger partial charge in [-0.05, 0) is 51.5 Å². The molecule has 0 bridgehead atoms. The fourth-order valence-corrected chi connectivity index (χ4v) is 8.68. The molecule has 1 aliphatic heterocycles. The lowest BCUT2D eigenvalue weighted by Gasteiger charge is -2.29. The Hall–Kier alpha value is -3.67. The molecule has 1 aromatic carbocycles. The van der Waals surface area contributed by atoms with E-state index in [2.05, 4.69) is 19.2 Å². The second-order valence-electron chi connectivity index (χ2n) is 18.8. The lowest BCUT2D eigenvalue weighted by atomic mass is 10.0. The van der Waals surface area contributed by atoms with E-state index >= 15 is 0 Å². The quantitative estimate of drug-likeness (QED) is 0.0379. The number of likely N-dealkylation sites (tertiary alicyclic amines) is 1. The number of amides is 1. The van der Waals surface area contributed by atoms with Gasteiger partial charge < -0.3 is 28.6 Å².